The fourth-order valence-electron chi connectivity index (χ4n) is 2.34. The lowest BCUT2D eigenvalue weighted by atomic mass is 9.82. The minimum Gasteiger partial charge on any atom is -0.481 e. The summed E-state index contributed by atoms with van der Waals surface area (Å²) >= 11 is 0. The van der Waals surface area contributed by atoms with Gasteiger partial charge in [0.15, 0.2) is 0 Å². The summed E-state index contributed by atoms with van der Waals surface area (Å²) in [6, 6.07) is 5.77. The van der Waals surface area contributed by atoms with Gasteiger partial charge in [-0.25, -0.2) is 0 Å². The quantitative estimate of drug-likeness (QED) is 0.502. The lowest BCUT2D eigenvalue weighted by Gasteiger charge is -2.24. The zero-order valence-corrected chi connectivity index (χ0v) is 11.1. The number of benzene rings is 1. The van der Waals surface area contributed by atoms with Gasteiger partial charge in [0.1, 0.15) is 5.69 Å². The highest BCUT2D eigenvalue weighted by molar-refractivity contribution is 5.97. The molecule has 1 aliphatic rings. The summed E-state index contributed by atoms with van der Waals surface area (Å²) in [5.41, 5.74) is -0.143. The Morgan fingerprint density at radius 3 is 2.43 bits per heavy atom. The molecule has 110 valence electrons. The topological polar surface area (TPSA) is 110 Å². The van der Waals surface area contributed by atoms with Gasteiger partial charge in [-0.15, -0.1) is 0 Å². The second-order valence-corrected chi connectivity index (χ2v) is 4.76. The predicted octanol–water partition coefficient (Wildman–Crippen LogP) is 2.20. The van der Waals surface area contributed by atoms with Crippen molar-refractivity contribution in [1.29, 1.82) is 0 Å². The van der Waals surface area contributed by atoms with Crippen molar-refractivity contribution in [3.63, 3.8) is 0 Å². The Hall–Kier alpha value is -2.70. The smallest absolute Gasteiger partial charge is 0.307 e. The maximum atomic E-state index is 12.2. The van der Waals surface area contributed by atoms with Gasteiger partial charge in [0, 0.05) is 6.07 Å². The van der Waals surface area contributed by atoms with Gasteiger partial charge in [0.2, 0.25) is 5.91 Å². The summed E-state index contributed by atoms with van der Waals surface area (Å²) in [6.07, 6.45) is 4.07. The largest absolute Gasteiger partial charge is 0.481 e. The number of amides is 1. The summed E-state index contributed by atoms with van der Waals surface area (Å²) in [6.45, 7) is 0. The fourth-order valence-corrected chi connectivity index (χ4v) is 2.34. The molecule has 2 N–H and O–H groups in total. The molecule has 0 saturated heterocycles. The molecule has 0 saturated carbocycles. The average molecular weight is 290 g/mol. The van der Waals surface area contributed by atoms with E-state index < -0.39 is 28.6 Å². The lowest BCUT2D eigenvalue weighted by molar-refractivity contribution is -0.383. The van der Waals surface area contributed by atoms with Crippen molar-refractivity contribution in [2.75, 3.05) is 5.32 Å². The van der Waals surface area contributed by atoms with E-state index in [-0.39, 0.29) is 17.8 Å². The van der Waals surface area contributed by atoms with Crippen LogP contribution in [0.1, 0.15) is 12.8 Å². The van der Waals surface area contributed by atoms with Gasteiger partial charge in [-0.1, -0.05) is 24.3 Å². The molecule has 7 nitrogen and oxygen atoms in total. The van der Waals surface area contributed by atoms with Gasteiger partial charge >= 0.3 is 5.97 Å². The van der Waals surface area contributed by atoms with Gasteiger partial charge in [0.25, 0.3) is 5.69 Å². The first kappa shape index (κ1) is 14.7. The SMILES string of the molecule is O=C(O)C1CC=CCC1C(=O)Nc1ccccc1[N+](=O)[O-]. The molecule has 1 aliphatic carbocycles. The number of carboxylic acids is 1. The molecule has 7 heteroatoms. The van der Waals surface area contributed by atoms with Crippen LogP contribution < -0.4 is 5.32 Å². The molecule has 2 rings (SSSR count). The number of carboxylic acid groups (broad SMARTS) is 1. The number of carbonyl (C=O) groups excluding carboxylic acids is 1. The first-order valence-electron chi connectivity index (χ1n) is 6.42. The van der Waals surface area contributed by atoms with E-state index >= 15 is 0 Å². The molecule has 0 aromatic heterocycles. The van der Waals surface area contributed by atoms with Gasteiger partial charge in [-0.3, -0.25) is 19.7 Å². The first-order valence-corrected chi connectivity index (χ1v) is 6.42. The Bertz CT molecular complexity index is 611. The number of nitrogens with zero attached hydrogens (tertiary/aromatic N) is 1. The number of nitro benzene ring substituents is 1. The molecule has 0 heterocycles. The van der Waals surface area contributed by atoms with E-state index in [0.717, 1.165) is 0 Å². The number of hydrogen-bond acceptors (Lipinski definition) is 4. The molecular weight excluding hydrogens is 276 g/mol. The predicted molar refractivity (Wildman–Crippen MR) is 74.7 cm³/mol. The van der Waals surface area contributed by atoms with Crippen molar-refractivity contribution in [2.24, 2.45) is 11.8 Å². The minimum absolute atomic E-state index is 0.0752. The monoisotopic (exact) mass is 290 g/mol. The van der Waals surface area contributed by atoms with Crippen LogP contribution in [0.2, 0.25) is 0 Å². The molecule has 1 aromatic carbocycles. The highest BCUT2D eigenvalue weighted by Crippen LogP contribution is 2.29. The molecule has 2 unspecified atom stereocenters. The van der Waals surface area contributed by atoms with Crippen molar-refractivity contribution < 1.29 is 19.6 Å². The van der Waals surface area contributed by atoms with Crippen LogP contribution in [-0.2, 0) is 9.59 Å². The van der Waals surface area contributed by atoms with Gasteiger partial charge in [-0.05, 0) is 18.9 Å². The molecule has 0 radical (unpaired) electrons. The molecule has 0 fully saturated rings. The summed E-state index contributed by atoms with van der Waals surface area (Å²) in [5, 5.41) is 22.5. The lowest BCUT2D eigenvalue weighted by Crippen LogP contribution is -2.34. The first-order chi connectivity index (χ1) is 10.0. The number of aliphatic carboxylic acids is 1. The van der Waals surface area contributed by atoms with Gasteiger partial charge < -0.3 is 10.4 Å². The Balaban J connectivity index is 2.20. The third-order valence-corrected chi connectivity index (χ3v) is 3.44. The summed E-state index contributed by atoms with van der Waals surface area (Å²) in [5.74, 6) is -3.09. The van der Waals surface area contributed by atoms with Crippen molar-refractivity contribution in [2.45, 2.75) is 12.8 Å². The van der Waals surface area contributed by atoms with E-state index in [1.807, 2.05) is 0 Å². The summed E-state index contributed by atoms with van der Waals surface area (Å²) < 4.78 is 0. The van der Waals surface area contributed by atoms with E-state index in [4.69, 9.17) is 5.11 Å². The number of nitro groups is 1. The second-order valence-electron chi connectivity index (χ2n) is 4.76. The Morgan fingerprint density at radius 1 is 1.19 bits per heavy atom. The minimum atomic E-state index is -1.04. The van der Waals surface area contributed by atoms with Crippen LogP contribution in [0.4, 0.5) is 11.4 Å². The molecule has 2 atom stereocenters. The van der Waals surface area contributed by atoms with Gasteiger partial charge in [-0.2, -0.15) is 0 Å². The molecular formula is C14H14N2O5. The Morgan fingerprint density at radius 2 is 1.81 bits per heavy atom. The van der Waals surface area contributed by atoms with Crippen LogP contribution in [0.5, 0.6) is 0 Å². The Kier molecular flexibility index (Phi) is 4.32. The number of para-hydroxylation sites is 2. The van der Waals surface area contributed by atoms with Crippen LogP contribution in [0.3, 0.4) is 0 Å². The summed E-state index contributed by atoms with van der Waals surface area (Å²) in [7, 11) is 0. The fraction of sp³-hybridized carbons (Fsp3) is 0.286. The number of hydrogen-bond donors (Lipinski definition) is 2. The van der Waals surface area contributed by atoms with Crippen molar-refractivity contribution >= 4 is 23.3 Å². The van der Waals surface area contributed by atoms with Crippen LogP contribution >= 0.6 is 0 Å². The normalized spacial score (nSPS) is 20.8. The van der Waals surface area contributed by atoms with E-state index in [2.05, 4.69) is 5.32 Å². The molecule has 21 heavy (non-hydrogen) atoms. The Labute approximate surface area is 120 Å². The second kappa shape index (κ2) is 6.17. The van der Waals surface area contributed by atoms with Crippen LogP contribution in [0, 0.1) is 22.0 Å². The van der Waals surface area contributed by atoms with Crippen LogP contribution in [-0.4, -0.2) is 21.9 Å². The average Bonchev–Trinajstić information content (AvgIpc) is 2.47. The molecule has 0 aliphatic heterocycles. The standard InChI is InChI=1S/C14H14N2O5/c17-13(9-5-1-2-6-10(9)14(18)19)15-11-7-3-4-8-12(11)16(20)21/h1-4,7-10H,5-6H2,(H,15,17)(H,18,19). The highest BCUT2D eigenvalue weighted by Gasteiger charge is 2.34. The molecule has 0 bridgehead atoms. The summed E-state index contributed by atoms with van der Waals surface area (Å²) in [4.78, 5) is 33.7. The van der Waals surface area contributed by atoms with Crippen molar-refractivity contribution in [3.8, 4) is 0 Å². The molecule has 1 amide bonds. The number of nitrogens with one attached hydrogen (secondary N) is 1. The van der Waals surface area contributed by atoms with Crippen molar-refractivity contribution in [1.82, 2.24) is 0 Å². The zero-order chi connectivity index (χ0) is 15.4. The number of rotatable bonds is 4. The number of anilines is 1. The molecule has 1 aromatic rings. The highest BCUT2D eigenvalue weighted by atomic mass is 16.6. The van der Waals surface area contributed by atoms with Crippen LogP contribution in [0.25, 0.3) is 0 Å². The van der Waals surface area contributed by atoms with E-state index in [1.165, 1.54) is 18.2 Å². The van der Waals surface area contributed by atoms with E-state index in [0.29, 0.717) is 6.42 Å². The third kappa shape index (κ3) is 3.25. The van der Waals surface area contributed by atoms with E-state index in [9.17, 15) is 19.7 Å². The van der Waals surface area contributed by atoms with Crippen LogP contribution in [0.15, 0.2) is 36.4 Å². The molecule has 0 spiro atoms. The number of allylic oxidation sites excluding steroid dienone is 2. The number of carbonyl (C=O) groups is 2. The maximum absolute atomic E-state index is 12.2. The van der Waals surface area contributed by atoms with E-state index in [1.54, 1.807) is 18.2 Å². The third-order valence-electron chi connectivity index (χ3n) is 3.44. The zero-order valence-electron chi connectivity index (χ0n) is 11.1. The van der Waals surface area contributed by atoms with Crippen molar-refractivity contribution in [3.05, 3.63) is 46.5 Å². The van der Waals surface area contributed by atoms with Gasteiger partial charge in [0.05, 0.1) is 16.8 Å². The maximum Gasteiger partial charge on any atom is 0.307 e.